The van der Waals surface area contributed by atoms with Crippen LogP contribution < -0.4 is 0 Å². The monoisotopic (exact) mass is 257 g/mol. The van der Waals surface area contributed by atoms with Gasteiger partial charge in [0.15, 0.2) is 0 Å². The van der Waals surface area contributed by atoms with Crippen LogP contribution in [0.15, 0.2) is 18.2 Å². The van der Waals surface area contributed by atoms with Crippen molar-refractivity contribution in [3.63, 3.8) is 0 Å². The number of hydrogen-bond donors (Lipinski definition) is 4. The second-order valence-electron chi connectivity index (χ2n) is 3.83. The maximum atomic E-state index is 10.8. The summed E-state index contributed by atoms with van der Waals surface area (Å²) >= 11 is 0. The van der Waals surface area contributed by atoms with Gasteiger partial charge in [-0.25, -0.2) is 0 Å². The summed E-state index contributed by atoms with van der Waals surface area (Å²) in [5.41, 5.74) is -0.0160. The summed E-state index contributed by atoms with van der Waals surface area (Å²) in [5, 5.41) is 47.6. The first kappa shape index (κ1) is 14.5. The van der Waals surface area contributed by atoms with Crippen molar-refractivity contribution in [1.29, 1.82) is 0 Å². The fraction of sp³-hybridized carbons (Fsp3) is 0.455. The quantitative estimate of drug-likeness (QED) is 0.415. The van der Waals surface area contributed by atoms with Crippen molar-refractivity contribution < 1.29 is 25.3 Å². The molecule has 1 rings (SSSR count). The van der Waals surface area contributed by atoms with E-state index >= 15 is 0 Å². The van der Waals surface area contributed by atoms with Gasteiger partial charge < -0.3 is 20.4 Å². The highest BCUT2D eigenvalue weighted by atomic mass is 16.6. The number of rotatable bonds is 6. The molecular weight excluding hydrogens is 242 g/mol. The molecule has 0 bridgehead atoms. The van der Waals surface area contributed by atoms with E-state index in [4.69, 9.17) is 10.2 Å². The fourth-order valence-corrected chi connectivity index (χ4v) is 1.58. The van der Waals surface area contributed by atoms with Crippen LogP contribution in [0.2, 0.25) is 0 Å². The molecule has 18 heavy (non-hydrogen) atoms. The minimum atomic E-state index is -1.32. The van der Waals surface area contributed by atoms with Crippen LogP contribution in [0.25, 0.3) is 0 Å². The average Bonchev–Trinajstić information content (AvgIpc) is 2.37. The summed E-state index contributed by atoms with van der Waals surface area (Å²) in [5.74, 6) is 0. The molecule has 0 aliphatic carbocycles. The molecule has 0 amide bonds. The summed E-state index contributed by atoms with van der Waals surface area (Å²) in [6.45, 7) is -0.777. The Hall–Kier alpha value is -1.54. The zero-order chi connectivity index (χ0) is 13.7. The molecular formula is C11H15NO6. The van der Waals surface area contributed by atoms with Gasteiger partial charge in [0.25, 0.3) is 5.69 Å². The lowest BCUT2D eigenvalue weighted by Gasteiger charge is -2.17. The van der Waals surface area contributed by atoms with Crippen LogP contribution >= 0.6 is 0 Å². The third kappa shape index (κ3) is 3.23. The number of aliphatic hydroxyl groups is 4. The summed E-state index contributed by atoms with van der Waals surface area (Å²) in [6, 6.07) is 3.82. The van der Waals surface area contributed by atoms with Crippen molar-refractivity contribution in [3.05, 3.63) is 39.4 Å². The topological polar surface area (TPSA) is 124 Å². The lowest BCUT2D eigenvalue weighted by atomic mass is 10.00. The number of benzene rings is 1. The molecule has 2 atom stereocenters. The Morgan fingerprint density at radius 1 is 1.28 bits per heavy atom. The zero-order valence-corrected chi connectivity index (χ0v) is 9.56. The van der Waals surface area contributed by atoms with Gasteiger partial charge in [-0.3, -0.25) is 10.1 Å². The summed E-state index contributed by atoms with van der Waals surface area (Å²) < 4.78 is 0. The van der Waals surface area contributed by atoms with Crippen LogP contribution in [0.1, 0.15) is 23.7 Å². The Bertz CT molecular complexity index is 422. The molecule has 0 spiro atoms. The summed E-state index contributed by atoms with van der Waals surface area (Å²) in [4.78, 5) is 10.1. The molecule has 0 aliphatic heterocycles. The van der Waals surface area contributed by atoms with E-state index < -0.39 is 23.7 Å². The molecule has 0 radical (unpaired) electrons. The van der Waals surface area contributed by atoms with Gasteiger partial charge in [-0.15, -0.1) is 0 Å². The number of aliphatic hydroxyl groups excluding tert-OH is 4. The van der Waals surface area contributed by atoms with Crippen molar-refractivity contribution in [3.8, 4) is 0 Å². The van der Waals surface area contributed by atoms with E-state index in [1.807, 2.05) is 0 Å². The first-order valence-electron chi connectivity index (χ1n) is 5.36. The van der Waals surface area contributed by atoms with Crippen molar-refractivity contribution in [1.82, 2.24) is 0 Å². The van der Waals surface area contributed by atoms with E-state index in [0.717, 1.165) is 6.07 Å². The molecule has 4 N–H and O–H groups in total. The number of hydrogen-bond acceptors (Lipinski definition) is 6. The molecule has 1 aromatic carbocycles. The normalized spacial score (nSPS) is 14.2. The molecule has 7 heteroatoms. The molecule has 0 saturated heterocycles. The van der Waals surface area contributed by atoms with E-state index in [2.05, 4.69) is 0 Å². The molecule has 1 aromatic rings. The third-order valence-corrected chi connectivity index (χ3v) is 2.61. The molecule has 0 aromatic heterocycles. The van der Waals surface area contributed by atoms with Crippen LogP contribution in [0.4, 0.5) is 5.69 Å². The van der Waals surface area contributed by atoms with Gasteiger partial charge in [0.1, 0.15) is 6.10 Å². The SMILES string of the molecule is O=[N+]([O-])c1cc(C(O)C(O)CCO)ccc1CO. The predicted molar refractivity (Wildman–Crippen MR) is 61.7 cm³/mol. The average molecular weight is 257 g/mol. The van der Waals surface area contributed by atoms with Gasteiger partial charge in [0, 0.05) is 12.7 Å². The van der Waals surface area contributed by atoms with E-state index in [1.165, 1.54) is 12.1 Å². The van der Waals surface area contributed by atoms with Gasteiger partial charge in [-0.1, -0.05) is 6.07 Å². The minimum Gasteiger partial charge on any atom is -0.396 e. The first-order valence-corrected chi connectivity index (χ1v) is 5.36. The number of nitro groups is 1. The molecule has 0 fully saturated rings. The van der Waals surface area contributed by atoms with Crippen molar-refractivity contribution in [2.45, 2.75) is 25.2 Å². The molecule has 0 saturated carbocycles. The van der Waals surface area contributed by atoms with E-state index in [1.54, 1.807) is 0 Å². The number of nitro benzene ring substituents is 1. The van der Waals surface area contributed by atoms with Crippen molar-refractivity contribution in [2.75, 3.05) is 6.61 Å². The summed E-state index contributed by atoms with van der Waals surface area (Å²) in [7, 11) is 0. The summed E-state index contributed by atoms with van der Waals surface area (Å²) in [6.07, 6.45) is -2.55. The van der Waals surface area contributed by atoms with E-state index in [9.17, 15) is 20.3 Å². The van der Waals surface area contributed by atoms with Crippen LogP contribution in [0.5, 0.6) is 0 Å². The molecule has 2 unspecified atom stereocenters. The molecule has 100 valence electrons. The van der Waals surface area contributed by atoms with E-state index in [0.29, 0.717) is 0 Å². The van der Waals surface area contributed by atoms with Gasteiger partial charge in [0.2, 0.25) is 0 Å². The number of nitrogens with zero attached hydrogens (tertiary/aromatic N) is 1. The second-order valence-corrected chi connectivity index (χ2v) is 3.83. The van der Waals surface area contributed by atoms with Gasteiger partial charge in [-0.2, -0.15) is 0 Å². The maximum Gasteiger partial charge on any atom is 0.275 e. The largest absolute Gasteiger partial charge is 0.396 e. The van der Waals surface area contributed by atoms with Gasteiger partial charge >= 0.3 is 0 Å². The van der Waals surface area contributed by atoms with E-state index in [-0.39, 0.29) is 29.8 Å². The highest BCUT2D eigenvalue weighted by Gasteiger charge is 2.22. The second kappa shape index (κ2) is 6.41. The predicted octanol–water partition coefficient (Wildman–Crippen LogP) is -0.136. The maximum absolute atomic E-state index is 10.8. The standard InChI is InChI=1S/C11H15NO6/c13-4-3-10(15)11(16)7-1-2-8(6-14)9(5-7)12(17)18/h1-2,5,10-11,13-16H,3-4,6H2. The van der Waals surface area contributed by atoms with Crippen LogP contribution in [0.3, 0.4) is 0 Å². The van der Waals surface area contributed by atoms with Crippen molar-refractivity contribution >= 4 is 5.69 Å². The van der Waals surface area contributed by atoms with Crippen LogP contribution in [-0.2, 0) is 6.61 Å². The lowest BCUT2D eigenvalue weighted by molar-refractivity contribution is -0.386. The molecule has 0 aliphatic rings. The smallest absolute Gasteiger partial charge is 0.275 e. The third-order valence-electron chi connectivity index (χ3n) is 2.61. The fourth-order valence-electron chi connectivity index (χ4n) is 1.58. The van der Waals surface area contributed by atoms with Gasteiger partial charge in [-0.05, 0) is 18.1 Å². The highest BCUT2D eigenvalue weighted by Crippen LogP contribution is 2.26. The van der Waals surface area contributed by atoms with Crippen molar-refractivity contribution in [2.24, 2.45) is 0 Å². The lowest BCUT2D eigenvalue weighted by Crippen LogP contribution is -2.19. The van der Waals surface area contributed by atoms with Gasteiger partial charge in [0.05, 0.1) is 23.2 Å². The Labute approximate surface area is 103 Å². The Balaban J connectivity index is 3.04. The first-order chi connectivity index (χ1) is 8.51. The minimum absolute atomic E-state index is 0.0310. The molecule has 0 heterocycles. The van der Waals surface area contributed by atoms with Crippen LogP contribution in [0, 0.1) is 10.1 Å². The molecule has 7 nitrogen and oxygen atoms in total. The zero-order valence-electron chi connectivity index (χ0n) is 9.56. The van der Waals surface area contributed by atoms with Crippen LogP contribution in [-0.4, -0.2) is 38.1 Å². The Morgan fingerprint density at radius 2 is 1.94 bits per heavy atom. The Kier molecular flexibility index (Phi) is 5.17. The highest BCUT2D eigenvalue weighted by molar-refractivity contribution is 5.43. The Morgan fingerprint density at radius 3 is 2.44 bits per heavy atom.